The van der Waals surface area contributed by atoms with Crippen molar-refractivity contribution in [3.05, 3.63) is 70.2 Å². The minimum absolute atomic E-state index is 0.138. The van der Waals surface area contributed by atoms with Crippen molar-refractivity contribution in [3.8, 4) is 0 Å². The molecule has 0 unspecified atom stereocenters. The molecule has 2 aromatic rings. The van der Waals surface area contributed by atoms with Gasteiger partial charge in [0, 0.05) is 29.2 Å². The minimum Gasteiger partial charge on any atom is -0.449 e. The Bertz CT molecular complexity index is 857. The van der Waals surface area contributed by atoms with Gasteiger partial charge < -0.3 is 9.64 Å². The molecule has 5 nitrogen and oxygen atoms in total. The van der Waals surface area contributed by atoms with Gasteiger partial charge in [0.2, 0.25) is 0 Å². The van der Waals surface area contributed by atoms with Crippen LogP contribution in [0, 0.1) is 0 Å². The summed E-state index contributed by atoms with van der Waals surface area (Å²) in [6.45, 7) is 2.93. The summed E-state index contributed by atoms with van der Waals surface area (Å²) in [5.41, 5.74) is 0.782. The summed E-state index contributed by atoms with van der Waals surface area (Å²) in [7, 11) is 0. The van der Waals surface area contributed by atoms with Crippen molar-refractivity contribution in [3.63, 3.8) is 0 Å². The second-order valence-corrected chi connectivity index (χ2v) is 6.90. The number of hydrogen-bond acceptors (Lipinski definition) is 4. The van der Waals surface area contributed by atoms with Gasteiger partial charge >= 0.3 is 5.97 Å². The number of hydrogen-bond donors (Lipinski definition) is 0. The highest BCUT2D eigenvalue weighted by Gasteiger charge is 2.27. The smallest absolute Gasteiger partial charge is 0.339 e. The molecule has 1 amide bonds. The predicted molar refractivity (Wildman–Crippen MR) is 102 cm³/mol. The van der Waals surface area contributed by atoms with Crippen LogP contribution in [0.3, 0.4) is 0 Å². The van der Waals surface area contributed by atoms with Gasteiger partial charge in [-0.3, -0.25) is 9.59 Å². The van der Waals surface area contributed by atoms with Crippen LogP contribution < -0.4 is 0 Å². The minimum atomic E-state index is -0.894. The largest absolute Gasteiger partial charge is 0.449 e. The Labute approximate surface area is 162 Å². The zero-order valence-corrected chi connectivity index (χ0v) is 15.7. The van der Waals surface area contributed by atoms with Gasteiger partial charge in [0.05, 0.1) is 5.56 Å². The Morgan fingerprint density at radius 2 is 1.56 bits per heavy atom. The van der Waals surface area contributed by atoms with E-state index in [1.165, 1.54) is 6.07 Å². The Kier molecular flexibility index (Phi) is 5.91. The molecule has 0 saturated carbocycles. The van der Waals surface area contributed by atoms with Crippen LogP contribution in [0.25, 0.3) is 0 Å². The van der Waals surface area contributed by atoms with Gasteiger partial charge in [-0.1, -0.05) is 29.8 Å². The van der Waals surface area contributed by atoms with E-state index < -0.39 is 12.1 Å². The molecule has 1 saturated heterocycles. The lowest BCUT2D eigenvalue weighted by Crippen LogP contribution is -2.38. The van der Waals surface area contributed by atoms with Crippen LogP contribution in [0.2, 0.25) is 5.02 Å². The highest BCUT2D eigenvalue weighted by atomic mass is 35.5. The first-order chi connectivity index (χ1) is 13.0. The summed E-state index contributed by atoms with van der Waals surface area (Å²) >= 11 is 5.86. The topological polar surface area (TPSA) is 63.7 Å². The van der Waals surface area contributed by atoms with Gasteiger partial charge in [0.15, 0.2) is 11.9 Å². The van der Waals surface area contributed by atoms with E-state index in [-0.39, 0.29) is 22.8 Å². The van der Waals surface area contributed by atoms with Gasteiger partial charge in [0.25, 0.3) is 5.91 Å². The first-order valence-corrected chi connectivity index (χ1v) is 9.24. The monoisotopic (exact) mass is 385 g/mol. The third-order valence-corrected chi connectivity index (χ3v) is 4.80. The molecule has 1 heterocycles. The number of benzene rings is 2. The maximum atomic E-state index is 12.8. The molecule has 27 heavy (non-hydrogen) atoms. The summed E-state index contributed by atoms with van der Waals surface area (Å²) < 4.78 is 5.35. The first-order valence-electron chi connectivity index (χ1n) is 8.86. The third-order valence-electron chi connectivity index (χ3n) is 4.55. The SMILES string of the molecule is C[C@H](OC(=O)c1ccccc1C(=O)c1ccc(Cl)cc1)C(=O)N1CCCC1. The summed E-state index contributed by atoms with van der Waals surface area (Å²) in [5, 5.41) is 0.522. The number of ether oxygens (including phenoxy) is 1. The molecular weight excluding hydrogens is 366 g/mol. The van der Waals surface area contributed by atoms with Crippen LogP contribution in [0.1, 0.15) is 46.0 Å². The van der Waals surface area contributed by atoms with E-state index in [4.69, 9.17) is 16.3 Å². The molecule has 3 rings (SSSR count). The maximum absolute atomic E-state index is 12.8. The van der Waals surface area contributed by atoms with Gasteiger partial charge in [-0.15, -0.1) is 0 Å². The van der Waals surface area contributed by atoms with Crippen LogP contribution in [-0.2, 0) is 9.53 Å². The van der Waals surface area contributed by atoms with Crippen molar-refractivity contribution in [2.45, 2.75) is 25.9 Å². The fourth-order valence-corrected chi connectivity index (χ4v) is 3.21. The van der Waals surface area contributed by atoms with Crippen molar-refractivity contribution in [1.82, 2.24) is 4.90 Å². The van der Waals surface area contributed by atoms with E-state index >= 15 is 0 Å². The maximum Gasteiger partial charge on any atom is 0.339 e. The lowest BCUT2D eigenvalue weighted by atomic mass is 9.98. The van der Waals surface area contributed by atoms with E-state index in [1.807, 2.05) is 0 Å². The predicted octanol–water partition coefficient (Wildman–Crippen LogP) is 3.74. The molecule has 0 aromatic heterocycles. The Morgan fingerprint density at radius 1 is 0.963 bits per heavy atom. The molecule has 2 aromatic carbocycles. The fourth-order valence-electron chi connectivity index (χ4n) is 3.08. The number of carbonyl (C=O) groups excluding carboxylic acids is 3. The van der Waals surface area contributed by atoms with Gasteiger partial charge in [-0.2, -0.15) is 0 Å². The molecule has 6 heteroatoms. The molecule has 1 aliphatic rings. The highest BCUT2D eigenvalue weighted by molar-refractivity contribution is 6.30. The van der Waals surface area contributed by atoms with Gasteiger partial charge in [-0.05, 0) is 50.1 Å². The Balaban J connectivity index is 1.78. The number of esters is 1. The summed E-state index contributed by atoms with van der Waals surface area (Å²) in [5.74, 6) is -1.20. The number of likely N-dealkylation sites (tertiary alicyclic amines) is 1. The standard InChI is InChI=1S/C21H20ClNO4/c1-14(20(25)23-12-4-5-13-23)27-21(26)18-7-3-2-6-17(18)19(24)15-8-10-16(22)11-9-15/h2-3,6-11,14H,4-5,12-13H2,1H3/t14-/m0/s1. The molecule has 0 aliphatic carbocycles. The normalized spacial score (nSPS) is 14.7. The average Bonchev–Trinajstić information content (AvgIpc) is 3.22. The van der Waals surface area contributed by atoms with Crippen LogP contribution in [0.5, 0.6) is 0 Å². The van der Waals surface area contributed by atoms with Crippen LogP contribution in [0.4, 0.5) is 0 Å². The number of halogens is 1. The fraction of sp³-hybridized carbons (Fsp3) is 0.286. The molecule has 0 radical (unpaired) electrons. The van der Waals surface area contributed by atoms with E-state index in [9.17, 15) is 14.4 Å². The molecule has 0 spiro atoms. The van der Waals surface area contributed by atoms with Crippen molar-refractivity contribution in [2.75, 3.05) is 13.1 Å². The second-order valence-electron chi connectivity index (χ2n) is 6.46. The highest BCUT2D eigenvalue weighted by Crippen LogP contribution is 2.19. The van der Waals surface area contributed by atoms with E-state index in [0.29, 0.717) is 23.7 Å². The number of carbonyl (C=O) groups is 3. The van der Waals surface area contributed by atoms with Crippen LogP contribution in [0.15, 0.2) is 48.5 Å². The molecular formula is C21H20ClNO4. The zero-order valence-electron chi connectivity index (χ0n) is 15.0. The van der Waals surface area contributed by atoms with Gasteiger partial charge in [-0.25, -0.2) is 4.79 Å². The first kappa shape index (κ1) is 19.1. The average molecular weight is 386 g/mol. The third kappa shape index (κ3) is 4.37. The quantitative estimate of drug-likeness (QED) is 0.581. The van der Waals surface area contributed by atoms with Gasteiger partial charge in [0.1, 0.15) is 0 Å². The lowest BCUT2D eigenvalue weighted by molar-refractivity contribution is -0.138. The number of nitrogens with zero attached hydrogens (tertiary/aromatic N) is 1. The summed E-state index contributed by atoms with van der Waals surface area (Å²) in [4.78, 5) is 39.5. The van der Waals surface area contributed by atoms with E-state index in [2.05, 4.69) is 0 Å². The number of rotatable bonds is 5. The Hall–Kier alpha value is -2.66. The molecule has 0 bridgehead atoms. The van der Waals surface area contributed by atoms with E-state index in [1.54, 1.807) is 54.3 Å². The molecule has 1 atom stereocenters. The summed E-state index contributed by atoms with van der Waals surface area (Å²) in [6, 6.07) is 12.9. The van der Waals surface area contributed by atoms with Crippen molar-refractivity contribution in [1.29, 1.82) is 0 Å². The molecule has 0 N–H and O–H groups in total. The van der Waals surface area contributed by atoms with E-state index in [0.717, 1.165) is 12.8 Å². The summed E-state index contributed by atoms with van der Waals surface area (Å²) in [6.07, 6.45) is 1.03. The van der Waals surface area contributed by atoms with Crippen LogP contribution in [-0.4, -0.2) is 41.8 Å². The Morgan fingerprint density at radius 3 is 2.19 bits per heavy atom. The molecule has 1 aliphatic heterocycles. The number of amides is 1. The molecule has 1 fully saturated rings. The zero-order chi connectivity index (χ0) is 19.4. The van der Waals surface area contributed by atoms with Crippen molar-refractivity contribution >= 4 is 29.3 Å². The van der Waals surface area contributed by atoms with Crippen LogP contribution >= 0.6 is 11.6 Å². The molecule has 140 valence electrons. The second kappa shape index (κ2) is 8.35. The number of ketones is 1. The van der Waals surface area contributed by atoms with Crippen molar-refractivity contribution in [2.24, 2.45) is 0 Å². The lowest BCUT2D eigenvalue weighted by Gasteiger charge is -2.20. The van der Waals surface area contributed by atoms with Crippen molar-refractivity contribution < 1.29 is 19.1 Å².